The van der Waals surface area contributed by atoms with Gasteiger partial charge in [-0.05, 0) is 18.2 Å². The maximum Gasteiger partial charge on any atom is 0.131 e. The van der Waals surface area contributed by atoms with Crippen LogP contribution < -0.4 is 14.2 Å². The van der Waals surface area contributed by atoms with Gasteiger partial charge in [-0.2, -0.15) is 0 Å². The molecule has 0 atom stereocenters. The van der Waals surface area contributed by atoms with E-state index < -0.39 is 0 Å². The minimum Gasteiger partial charge on any atom is -0.497 e. The molecule has 2 aromatic carbocycles. The smallest absolute Gasteiger partial charge is 0.131 e. The summed E-state index contributed by atoms with van der Waals surface area (Å²) in [4.78, 5) is 4.66. The maximum atomic E-state index is 5.42. The number of aromatic nitrogens is 1. The molecule has 0 unspecified atom stereocenters. The van der Waals surface area contributed by atoms with Crippen molar-refractivity contribution in [3.63, 3.8) is 0 Å². The highest BCUT2D eigenvalue weighted by Gasteiger charge is 2.08. The Balaban J connectivity index is 2.34. The van der Waals surface area contributed by atoms with Crippen molar-refractivity contribution in [2.75, 3.05) is 21.3 Å². The Bertz CT molecular complexity index is 783. The van der Waals surface area contributed by atoms with E-state index in [0.29, 0.717) is 0 Å². The number of ether oxygens (including phenoxy) is 3. The number of nitrogens with zero attached hydrogens (tertiary/aromatic N) is 1. The summed E-state index contributed by atoms with van der Waals surface area (Å²) >= 11 is 0. The standard InChI is InChI=1S/C16H15NO3/c1-18-11-5-4-10-6-13-15(17-14(10)7-11)8-12(19-2)9-16(13)20-3/h4-9H,1-3H3. The zero-order valence-corrected chi connectivity index (χ0v) is 11.6. The number of fused-ring (bicyclic) bond motifs is 2. The van der Waals surface area contributed by atoms with E-state index in [4.69, 9.17) is 14.2 Å². The van der Waals surface area contributed by atoms with Crippen molar-refractivity contribution in [3.8, 4) is 17.2 Å². The van der Waals surface area contributed by atoms with Crippen LogP contribution in [0, 0.1) is 0 Å². The van der Waals surface area contributed by atoms with Crippen molar-refractivity contribution in [3.05, 3.63) is 36.4 Å². The average molecular weight is 269 g/mol. The topological polar surface area (TPSA) is 40.6 Å². The predicted molar refractivity (Wildman–Crippen MR) is 78.9 cm³/mol. The fourth-order valence-electron chi connectivity index (χ4n) is 2.27. The van der Waals surface area contributed by atoms with Gasteiger partial charge in [-0.15, -0.1) is 0 Å². The molecule has 20 heavy (non-hydrogen) atoms. The molecule has 0 radical (unpaired) electrons. The van der Waals surface area contributed by atoms with Crippen LogP contribution in [-0.4, -0.2) is 26.3 Å². The van der Waals surface area contributed by atoms with Gasteiger partial charge in [0, 0.05) is 29.0 Å². The van der Waals surface area contributed by atoms with Crippen molar-refractivity contribution in [2.24, 2.45) is 0 Å². The van der Waals surface area contributed by atoms with Crippen LogP contribution in [-0.2, 0) is 0 Å². The van der Waals surface area contributed by atoms with E-state index in [2.05, 4.69) is 11.1 Å². The molecule has 3 rings (SSSR count). The molecule has 3 aromatic rings. The van der Waals surface area contributed by atoms with Crippen molar-refractivity contribution < 1.29 is 14.2 Å². The Morgan fingerprint density at radius 3 is 2.20 bits per heavy atom. The van der Waals surface area contributed by atoms with Crippen LogP contribution in [0.15, 0.2) is 36.4 Å². The Hall–Kier alpha value is -2.49. The lowest BCUT2D eigenvalue weighted by Gasteiger charge is -2.10. The van der Waals surface area contributed by atoms with Crippen molar-refractivity contribution in [2.45, 2.75) is 0 Å². The SMILES string of the molecule is COc1ccc2cc3c(OC)cc(OC)cc3nc2c1. The lowest BCUT2D eigenvalue weighted by atomic mass is 10.1. The minimum absolute atomic E-state index is 0.726. The van der Waals surface area contributed by atoms with E-state index in [9.17, 15) is 0 Å². The molecule has 4 heteroatoms. The summed E-state index contributed by atoms with van der Waals surface area (Å²) in [5.41, 5.74) is 1.72. The van der Waals surface area contributed by atoms with Gasteiger partial charge in [0.05, 0.1) is 32.4 Å². The fourth-order valence-corrected chi connectivity index (χ4v) is 2.27. The number of rotatable bonds is 3. The van der Waals surface area contributed by atoms with Crippen LogP contribution in [0.25, 0.3) is 21.8 Å². The summed E-state index contributed by atoms with van der Waals surface area (Å²) in [5, 5.41) is 2.01. The highest BCUT2D eigenvalue weighted by atomic mass is 16.5. The molecule has 0 N–H and O–H groups in total. The van der Waals surface area contributed by atoms with Crippen LogP contribution in [0.5, 0.6) is 17.2 Å². The van der Waals surface area contributed by atoms with Gasteiger partial charge >= 0.3 is 0 Å². The third kappa shape index (κ3) is 1.99. The van der Waals surface area contributed by atoms with Crippen molar-refractivity contribution in [1.82, 2.24) is 4.98 Å². The number of pyridine rings is 1. The third-order valence-electron chi connectivity index (χ3n) is 3.33. The van der Waals surface area contributed by atoms with Gasteiger partial charge < -0.3 is 14.2 Å². The Morgan fingerprint density at radius 2 is 1.50 bits per heavy atom. The second-order valence-corrected chi connectivity index (χ2v) is 4.44. The molecule has 0 spiro atoms. The lowest BCUT2D eigenvalue weighted by molar-refractivity contribution is 0.398. The quantitative estimate of drug-likeness (QED) is 0.683. The summed E-state index contributed by atoms with van der Waals surface area (Å²) in [6, 6.07) is 11.7. The first kappa shape index (κ1) is 12.5. The molecule has 1 aromatic heterocycles. The van der Waals surface area contributed by atoms with Gasteiger partial charge in [-0.1, -0.05) is 0 Å². The van der Waals surface area contributed by atoms with E-state index in [1.807, 2.05) is 30.3 Å². The molecule has 0 bridgehead atoms. The van der Waals surface area contributed by atoms with Gasteiger partial charge in [0.2, 0.25) is 0 Å². The average Bonchev–Trinajstić information content (AvgIpc) is 2.51. The van der Waals surface area contributed by atoms with E-state index in [1.165, 1.54) is 0 Å². The molecule has 0 aliphatic heterocycles. The summed E-state index contributed by atoms with van der Waals surface area (Å²) in [6.45, 7) is 0. The lowest BCUT2D eigenvalue weighted by Crippen LogP contribution is -1.91. The molecule has 1 heterocycles. The zero-order valence-electron chi connectivity index (χ0n) is 11.6. The monoisotopic (exact) mass is 269 g/mol. The molecule has 0 aliphatic carbocycles. The van der Waals surface area contributed by atoms with Crippen LogP contribution in [0.2, 0.25) is 0 Å². The predicted octanol–water partition coefficient (Wildman–Crippen LogP) is 3.41. The van der Waals surface area contributed by atoms with E-state index in [1.54, 1.807) is 21.3 Å². The molecule has 102 valence electrons. The normalized spacial score (nSPS) is 10.8. The van der Waals surface area contributed by atoms with Gasteiger partial charge in [-0.3, -0.25) is 0 Å². The third-order valence-corrected chi connectivity index (χ3v) is 3.33. The summed E-state index contributed by atoms with van der Waals surface area (Å²) in [7, 11) is 4.92. The first-order valence-corrected chi connectivity index (χ1v) is 6.25. The Labute approximate surface area is 116 Å². The van der Waals surface area contributed by atoms with E-state index >= 15 is 0 Å². The number of benzene rings is 2. The molecule has 0 saturated carbocycles. The van der Waals surface area contributed by atoms with Crippen LogP contribution >= 0.6 is 0 Å². The zero-order chi connectivity index (χ0) is 14.1. The largest absolute Gasteiger partial charge is 0.497 e. The number of methoxy groups -OCH3 is 3. The first-order chi connectivity index (χ1) is 9.75. The van der Waals surface area contributed by atoms with Gasteiger partial charge in [0.25, 0.3) is 0 Å². The van der Waals surface area contributed by atoms with Crippen LogP contribution in [0.4, 0.5) is 0 Å². The summed E-state index contributed by atoms with van der Waals surface area (Å²) < 4.78 is 15.9. The molecular formula is C16H15NO3. The molecule has 0 fully saturated rings. The van der Waals surface area contributed by atoms with Crippen molar-refractivity contribution in [1.29, 1.82) is 0 Å². The first-order valence-electron chi connectivity index (χ1n) is 6.25. The molecular weight excluding hydrogens is 254 g/mol. The number of hydrogen-bond acceptors (Lipinski definition) is 4. The second kappa shape index (κ2) is 4.89. The molecule has 0 amide bonds. The Kier molecular flexibility index (Phi) is 3.06. The van der Waals surface area contributed by atoms with Crippen molar-refractivity contribution >= 4 is 21.8 Å². The van der Waals surface area contributed by atoms with E-state index in [0.717, 1.165) is 39.1 Å². The molecule has 0 saturated heterocycles. The highest BCUT2D eigenvalue weighted by Crippen LogP contribution is 2.33. The van der Waals surface area contributed by atoms with Gasteiger partial charge in [0.1, 0.15) is 17.2 Å². The minimum atomic E-state index is 0.726. The van der Waals surface area contributed by atoms with Crippen LogP contribution in [0.1, 0.15) is 0 Å². The van der Waals surface area contributed by atoms with E-state index in [-0.39, 0.29) is 0 Å². The summed E-state index contributed by atoms with van der Waals surface area (Å²) in [6.07, 6.45) is 0. The molecule has 4 nitrogen and oxygen atoms in total. The van der Waals surface area contributed by atoms with Crippen LogP contribution in [0.3, 0.4) is 0 Å². The van der Waals surface area contributed by atoms with Gasteiger partial charge in [-0.25, -0.2) is 4.98 Å². The molecule has 0 aliphatic rings. The maximum absolute atomic E-state index is 5.42. The highest BCUT2D eigenvalue weighted by molar-refractivity contribution is 5.97. The Morgan fingerprint density at radius 1 is 0.750 bits per heavy atom. The number of hydrogen-bond donors (Lipinski definition) is 0. The summed E-state index contributed by atoms with van der Waals surface area (Å²) in [5.74, 6) is 2.27. The fraction of sp³-hybridized carbons (Fsp3) is 0.188. The second-order valence-electron chi connectivity index (χ2n) is 4.44. The van der Waals surface area contributed by atoms with Gasteiger partial charge in [0.15, 0.2) is 0 Å².